The standard InChI is InChI=1S/C25H32N2O4S/c1-31-23-11-9-21(10-12-23)26-32(29,30)24-13-7-19(8-14-24)25(28)20-15-17-27(18-16-20)22-5-3-2-4-6-22/h7-14,20,22,26H,2-6,15-18H2,1H3. The Hall–Kier alpha value is -2.38. The van der Waals surface area contributed by atoms with Crippen LogP contribution in [0.2, 0.25) is 0 Å². The van der Waals surface area contributed by atoms with Crippen LogP contribution in [0.4, 0.5) is 5.69 Å². The number of piperidine rings is 1. The zero-order chi connectivity index (χ0) is 22.6. The third kappa shape index (κ3) is 5.33. The molecule has 4 rings (SSSR count). The minimum atomic E-state index is -3.73. The Morgan fingerprint density at radius 2 is 1.53 bits per heavy atom. The van der Waals surface area contributed by atoms with Crippen LogP contribution in [0.5, 0.6) is 5.75 Å². The molecule has 2 aliphatic rings. The molecule has 172 valence electrons. The van der Waals surface area contributed by atoms with Crippen LogP contribution < -0.4 is 9.46 Å². The molecule has 2 fully saturated rings. The summed E-state index contributed by atoms with van der Waals surface area (Å²) in [5, 5.41) is 0. The van der Waals surface area contributed by atoms with Gasteiger partial charge in [-0.15, -0.1) is 0 Å². The van der Waals surface area contributed by atoms with Crippen molar-refractivity contribution in [3.8, 4) is 5.75 Å². The molecule has 0 spiro atoms. The molecular formula is C25H32N2O4S. The molecule has 0 aromatic heterocycles. The highest BCUT2D eigenvalue weighted by Gasteiger charge is 2.30. The number of carbonyl (C=O) groups excluding carboxylic acids is 1. The van der Waals surface area contributed by atoms with Gasteiger partial charge in [0.25, 0.3) is 10.0 Å². The summed E-state index contributed by atoms with van der Waals surface area (Å²) in [5.74, 6) is 0.801. The Kier molecular flexibility index (Phi) is 7.16. The number of benzene rings is 2. The third-order valence-electron chi connectivity index (χ3n) is 6.78. The van der Waals surface area contributed by atoms with Gasteiger partial charge in [0, 0.05) is 23.2 Å². The van der Waals surface area contributed by atoms with E-state index >= 15 is 0 Å². The van der Waals surface area contributed by atoms with E-state index in [0.717, 1.165) is 25.9 Å². The summed E-state index contributed by atoms with van der Waals surface area (Å²) < 4.78 is 33.0. The largest absolute Gasteiger partial charge is 0.497 e. The van der Waals surface area contributed by atoms with Crippen molar-refractivity contribution in [2.45, 2.75) is 55.9 Å². The second kappa shape index (κ2) is 10.0. The molecule has 0 unspecified atom stereocenters. The van der Waals surface area contributed by atoms with Crippen molar-refractivity contribution in [2.24, 2.45) is 5.92 Å². The van der Waals surface area contributed by atoms with Crippen LogP contribution in [-0.2, 0) is 10.0 Å². The summed E-state index contributed by atoms with van der Waals surface area (Å²) in [6.45, 7) is 1.97. The topological polar surface area (TPSA) is 75.7 Å². The van der Waals surface area contributed by atoms with E-state index in [2.05, 4.69) is 9.62 Å². The van der Waals surface area contributed by atoms with Gasteiger partial charge in [0.2, 0.25) is 0 Å². The average Bonchev–Trinajstić information content (AvgIpc) is 2.84. The van der Waals surface area contributed by atoms with E-state index in [1.807, 2.05) is 0 Å². The van der Waals surface area contributed by atoms with Gasteiger partial charge in [0.05, 0.1) is 12.0 Å². The second-order valence-electron chi connectivity index (χ2n) is 8.82. The van der Waals surface area contributed by atoms with Gasteiger partial charge in [-0.3, -0.25) is 9.52 Å². The molecule has 6 nitrogen and oxygen atoms in total. The van der Waals surface area contributed by atoms with E-state index in [1.54, 1.807) is 43.5 Å². The quantitative estimate of drug-likeness (QED) is 0.610. The van der Waals surface area contributed by atoms with Crippen LogP contribution in [-0.4, -0.2) is 45.3 Å². The lowest BCUT2D eigenvalue weighted by Crippen LogP contribution is -2.43. The van der Waals surface area contributed by atoms with Crippen molar-refractivity contribution in [2.75, 3.05) is 24.9 Å². The van der Waals surface area contributed by atoms with Crippen molar-refractivity contribution in [1.82, 2.24) is 4.90 Å². The maximum atomic E-state index is 13.0. The number of Topliss-reactive ketones (excluding diaryl/α,β-unsaturated/α-hetero) is 1. The molecule has 0 bridgehead atoms. The van der Waals surface area contributed by atoms with E-state index in [0.29, 0.717) is 23.0 Å². The number of carbonyl (C=O) groups is 1. The van der Waals surface area contributed by atoms with Gasteiger partial charge in [-0.05, 0) is 75.2 Å². The van der Waals surface area contributed by atoms with E-state index < -0.39 is 10.0 Å². The van der Waals surface area contributed by atoms with E-state index in [-0.39, 0.29) is 16.6 Å². The molecule has 1 aliphatic carbocycles. The first-order valence-electron chi connectivity index (χ1n) is 11.5. The molecule has 1 N–H and O–H groups in total. The summed E-state index contributed by atoms with van der Waals surface area (Å²) in [6.07, 6.45) is 8.35. The fraction of sp³-hybridized carbons (Fsp3) is 0.480. The first-order valence-corrected chi connectivity index (χ1v) is 13.0. The summed E-state index contributed by atoms with van der Waals surface area (Å²) in [7, 11) is -2.17. The fourth-order valence-electron chi connectivity index (χ4n) is 4.88. The number of ether oxygens (including phenoxy) is 1. The lowest BCUT2D eigenvalue weighted by Gasteiger charge is -2.39. The number of methoxy groups -OCH3 is 1. The van der Waals surface area contributed by atoms with Gasteiger partial charge < -0.3 is 9.64 Å². The summed E-state index contributed by atoms with van der Waals surface area (Å²) in [6, 6.07) is 13.7. The smallest absolute Gasteiger partial charge is 0.261 e. The molecule has 0 amide bonds. The summed E-state index contributed by atoms with van der Waals surface area (Å²) in [5.41, 5.74) is 1.04. The van der Waals surface area contributed by atoms with Crippen LogP contribution in [0, 0.1) is 5.92 Å². The van der Waals surface area contributed by atoms with Crippen molar-refractivity contribution in [3.05, 3.63) is 54.1 Å². The number of hydrogen-bond donors (Lipinski definition) is 1. The van der Waals surface area contributed by atoms with Crippen LogP contribution in [0.15, 0.2) is 53.4 Å². The molecule has 2 aromatic rings. The molecule has 1 saturated heterocycles. The first-order chi connectivity index (χ1) is 15.5. The Bertz CT molecular complexity index is 1000. The summed E-state index contributed by atoms with van der Waals surface area (Å²) >= 11 is 0. The van der Waals surface area contributed by atoms with Crippen molar-refractivity contribution >= 4 is 21.5 Å². The summed E-state index contributed by atoms with van der Waals surface area (Å²) in [4.78, 5) is 15.7. The van der Waals surface area contributed by atoms with Crippen molar-refractivity contribution in [3.63, 3.8) is 0 Å². The van der Waals surface area contributed by atoms with Gasteiger partial charge in [-0.2, -0.15) is 0 Å². The maximum absolute atomic E-state index is 13.0. The number of nitrogens with one attached hydrogen (secondary N) is 1. The van der Waals surface area contributed by atoms with E-state index in [9.17, 15) is 13.2 Å². The minimum Gasteiger partial charge on any atom is -0.497 e. The number of sulfonamides is 1. The zero-order valence-corrected chi connectivity index (χ0v) is 19.4. The Morgan fingerprint density at radius 3 is 2.12 bits per heavy atom. The van der Waals surface area contributed by atoms with Crippen molar-refractivity contribution < 1.29 is 17.9 Å². The monoisotopic (exact) mass is 456 g/mol. The molecular weight excluding hydrogens is 424 g/mol. The molecule has 32 heavy (non-hydrogen) atoms. The Morgan fingerprint density at radius 1 is 0.906 bits per heavy atom. The number of anilines is 1. The Balaban J connectivity index is 1.35. The fourth-order valence-corrected chi connectivity index (χ4v) is 5.94. The zero-order valence-electron chi connectivity index (χ0n) is 18.6. The number of ketones is 1. The number of likely N-dealkylation sites (tertiary alicyclic amines) is 1. The lowest BCUT2D eigenvalue weighted by molar-refractivity contribution is 0.0747. The van der Waals surface area contributed by atoms with Gasteiger partial charge in [-0.1, -0.05) is 31.4 Å². The second-order valence-corrected chi connectivity index (χ2v) is 10.5. The highest BCUT2D eigenvalue weighted by atomic mass is 32.2. The highest BCUT2D eigenvalue weighted by molar-refractivity contribution is 7.92. The van der Waals surface area contributed by atoms with Crippen LogP contribution in [0.3, 0.4) is 0 Å². The minimum absolute atomic E-state index is 0.0229. The molecule has 1 saturated carbocycles. The predicted octanol–water partition coefficient (Wildman–Crippen LogP) is 4.72. The van der Waals surface area contributed by atoms with Crippen LogP contribution in [0.25, 0.3) is 0 Å². The van der Waals surface area contributed by atoms with E-state index in [1.165, 1.54) is 44.2 Å². The highest BCUT2D eigenvalue weighted by Crippen LogP contribution is 2.29. The number of hydrogen-bond acceptors (Lipinski definition) is 5. The third-order valence-corrected chi connectivity index (χ3v) is 8.18. The SMILES string of the molecule is COc1ccc(NS(=O)(=O)c2ccc(C(=O)C3CCN(C4CCCCC4)CC3)cc2)cc1. The molecule has 1 aliphatic heterocycles. The van der Waals surface area contributed by atoms with Gasteiger partial charge in [0.1, 0.15) is 5.75 Å². The van der Waals surface area contributed by atoms with Crippen LogP contribution in [0.1, 0.15) is 55.3 Å². The van der Waals surface area contributed by atoms with Gasteiger partial charge >= 0.3 is 0 Å². The number of rotatable bonds is 7. The average molecular weight is 457 g/mol. The Labute approximate surface area is 191 Å². The molecule has 0 radical (unpaired) electrons. The lowest BCUT2D eigenvalue weighted by atomic mass is 9.86. The molecule has 2 aromatic carbocycles. The number of nitrogens with zero attached hydrogens (tertiary/aromatic N) is 1. The van der Waals surface area contributed by atoms with Gasteiger partial charge in [-0.25, -0.2) is 8.42 Å². The van der Waals surface area contributed by atoms with Gasteiger partial charge in [0.15, 0.2) is 5.78 Å². The van der Waals surface area contributed by atoms with Crippen LogP contribution >= 0.6 is 0 Å². The van der Waals surface area contributed by atoms with Crippen molar-refractivity contribution in [1.29, 1.82) is 0 Å². The van der Waals surface area contributed by atoms with E-state index in [4.69, 9.17) is 4.74 Å². The normalized spacial score (nSPS) is 18.9. The molecule has 7 heteroatoms. The predicted molar refractivity (Wildman–Crippen MR) is 126 cm³/mol. The molecule has 0 atom stereocenters. The maximum Gasteiger partial charge on any atom is 0.261 e. The first kappa shape index (κ1) is 22.8. The molecule has 1 heterocycles.